The molecule has 1 aliphatic heterocycles. The lowest BCUT2D eigenvalue weighted by Gasteiger charge is -2.36. The highest BCUT2D eigenvalue weighted by Gasteiger charge is 2.32. The first-order valence-electron chi connectivity index (χ1n) is 12.3. The Morgan fingerprint density at radius 1 is 0.972 bits per heavy atom. The number of rotatable bonds is 14. The topological polar surface area (TPSA) is 125 Å². The molecule has 0 aromatic heterocycles. The summed E-state index contributed by atoms with van der Waals surface area (Å²) in [5.41, 5.74) is 3.28. The van der Waals surface area contributed by atoms with E-state index in [1.807, 2.05) is 48.5 Å². The Balaban J connectivity index is 1.64. The summed E-state index contributed by atoms with van der Waals surface area (Å²) in [4.78, 5) is 22.9. The molecule has 9 heteroatoms. The Bertz CT molecular complexity index is 969. The predicted molar refractivity (Wildman–Crippen MR) is 139 cm³/mol. The molecule has 0 unspecified atom stereocenters. The number of hydrogen-bond donors (Lipinski definition) is 4. The molecule has 1 heterocycles. The van der Waals surface area contributed by atoms with Crippen LogP contribution >= 0.6 is 11.8 Å². The number of benzene rings is 2. The van der Waals surface area contributed by atoms with Crippen molar-refractivity contribution in [2.75, 3.05) is 23.4 Å². The van der Waals surface area contributed by atoms with E-state index in [2.05, 4.69) is 5.32 Å². The van der Waals surface area contributed by atoms with Crippen molar-refractivity contribution in [3.63, 3.8) is 0 Å². The van der Waals surface area contributed by atoms with Crippen LogP contribution in [0.1, 0.15) is 67.6 Å². The fourth-order valence-electron chi connectivity index (χ4n) is 4.03. The van der Waals surface area contributed by atoms with E-state index in [0.29, 0.717) is 43.5 Å². The highest BCUT2D eigenvalue weighted by atomic mass is 32.2. The molecule has 8 nitrogen and oxygen atoms in total. The van der Waals surface area contributed by atoms with E-state index in [1.54, 1.807) is 11.8 Å². The molecule has 2 aromatic carbocycles. The SMILES string of the molecule is O=C(O)CCCCCC(=O)Nc1cccc([C@H]2O[C@@H](CSCCO)C[C@@H](c3ccc(CO)cc3)O2)c1. The number of hydrogen-bond acceptors (Lipinski definition) is 7. The smallest absolute Gasteiger partial charge is 0.303 e. The van der Waals surface area contributed by atoms with Crippen LogP contribution in [0.2, 0.25) is 0 Å². The van der Waals surface area contributed by atoms with Crippen LogP contribution in [-0.2, 0) is 25.7 Å². The normalized spacial score (nSPS) is 19.7. The molecule has 4 N–H and O–H groups in total. The molecule has 3 atom stereocenters. The fourth-order valence-corrected chi connectivity index (χ4v) is 4.80. The third-order valence-corrected chi connectivity index (χ3v) is 6.97. The number of carbonyl (C=O) groups excluding carboxylic acids is 1. The minimum absolute atomic E-state index is 0.0151. The molecule has 196 valence electrons. The molecular weight excluding hydrogens is 482 g/mol. The molecular formula is C27H35NO7S. The number of carbonyl (C=O) groups is 2. The van der Waals surface area contributed by atoms with Crippen molar-refractivity contribution in [2.24, 2.45) is 0 Å². The number of thioether (sulfide) groups is 1. The maximum atomic E-state index is 12.4. The van der Waals surface area contributed by atoms with E-state index in [9.17, 15) is 14.7 Å². The van der Waals surface area contributed by atoms with Gasteiger partial charge < -0.3 is 30.1 Å². The number of anilines is 1. The highest BCUT2D eigenvalue weighted by Crippen LogP contribution is 2.39. The van der Waals surface area contributed by atoms with Gasteiger partial charge in [0.05, 0.1) is 25.4 Å². The molecule has 1 fully saturated rings. The number of amides is 1. The monoisotopic (exact) mass is 517 g/mol. The van der Waals surface area contributed by atoms with Crippen molar-refractivity contribution in [2.45, 2.75) is 63.6 Å². The second kappa shape index (κ2) is 15.0. The van der Waals surface area contributed by atoms with Crippen LogP contribution in [0.3, 0.4) is 0 Å². The van der Waals surface area contributed by atoms with E-state index >= 15 is 0 Å². The van der Waals surface area contributed by atoms with E-state index in [4.69, 9.17) is 19.7 Å². The van der Waals surface area contributed by atoms with Crippen LogP contribution in [0.15, 0.2) is 48.5 Å². The van der Waals surface area contributed by atoms with Gasteiger partial charge in [-0.2, -0.15) is 11.8 Å². The number of carboxylic acids is 1. The molecule has 0 spiro atoms. The van der Waals surface area contributed by atoms with Gasteiger partial charge in [-0.15, -0.1) is 0 Å². The van der Waals surface area contributed by atoms with Gasteiger partial charge in [-0.25, -0.2) is 0 Å². The van der Waals surface area contributed by atoms with Crippen molar-refractivity contribution < 1.29 is 34.4 Å². The van der Waals surface area contributed by atoms with Gasteiger partial charge in [0.25, 0.3) is 0 Å². The zero-order valence-corrected chi connectivity index (χ0v) is 21.1. The Morgan fingerprint density at radius 3 is 2.47 bits per heavy atom. The average Bonchev–Trinajstić information content (AvgIpc) is 2.88. The van der Waals surface area contributed by atoms with Crippen molar-refractivity contribution in [3.8, 4) is 0 Å². The van der Waals surface area contributed by atoms with Crippen molar-refractivity contribution >= 4 is 29.3 Å². The van der Waals surface area contributed by atoms with Gasteiger partial charge in [-0.3, -0.25) is 9.59 Å². The van der Waals surface area contributed by atoms with Gasteiger partial charge in [-0.05, 0) is 36.1 Å². The minimum Gasteiger partial charge on any atom is -0.481 e. The van der Waals surface area contributed by atoms with E-state index in [0.717, 1.165) is 22.4 Å². The van der Waals surface area contributed by atoms with Crippen LogP contribution < -0.4 is 5.32 Å². The molecule has 1 aliphatic rings. The second-order valence-electron chi connectivity index (χ2n) is 8.78. The summed E-state index contributed by atoms with van der Waals surface area (Å²) in [7, 11) is 0. The molecule has 0 aliphatic carbocycles. The van der Waals surface area contributed by atoms with Gasteiger partial charge in [0.15, 0.2) is 6.29 Å². The largest absolute Gasteiger partial charge is 0.481 e. The average molecular weight is 518 g/mol. The molecule has 3 rings (SSSR count). The van der Waals surface area contributed by atoms with Gasteiger partial charge in [0.2, 0.25) is 5.91 Å². The number of aliphatic hydroxyl groups is 2. The first-order valence-corrected chi connectivity index (χ1v) is 13.4. The molecule has 1 saturated heterocycles. The number of nitrogens with one attached hydrogen (secondary N) is 1. The standard InChI is InChI=1S/C27H35NO7S/c29-13-14-36-18-23-16-24(20-11-9-19(17-30)10-12-20)35-27(34-23)21-5-4-6-22(15-21)28-25(31)7-2-1-3-8-26(32)33/h4-6,9-12,15,23-24,27,29-30H,1-3,7-8,13-14,16-18H2,(H,28,31)(H,32,33)/t23-,24+,27+/m1/s1. The third-order valence-electron chi connectivity index (χ3n) is 5.89. The Hall–Kier alpha value is -2.43. The van der Waals surface area contributed by atoms with E-state index in [1.165, 1.54) is 0 Å². The van der Waals surface area contributed by atoms with E-state index in [-0.39, 0.29) is 37.7 Å². The Kier molecular flexibility index (Phi) is 11.7. The first-order chi connectivity index (χ1) is 17.5. The van der Waals surface area contributed by atoms with Crippen LogP contribution in [0.5, 0.6) is 0 Å². The number of aliphatic carboxylic acids is 1. The number of ether oxygens (including phenoxy) is 2. The number of aliphatic hydroxyl groups excluding tert-OH is 2. The molecule has 36 heavy (non-hydrogen) atoms. The summed E-state index contributed by atoms with van der Waals surface area (Å²) < 4.78 is 12.6. The zero-order valence-electron chi connectivity index (χ0n) is 20.3. The highest BCUT2D eigenvalue weighted by molar-refractivity contribution is 7.99. The lowest BCUT2D eigenvalue weighted by Crippen LogP contribution is -2.31. The maximum absolute atomic E-state index is 12.4. The fraction of sp³-hybridized carbons (Fsp3) is 0.481. The molecule has 1 amide bonds. The number of carboxylic acid groups (broad SMARTS) is 1. The van der Waals surface area contributed by atoms with Crippen molar-refractivity contribution in [3.05, 3.63) is 65.2 Å². The van der Waals surface area contributed by atoms with Crippen LogP contribution in [0.25, 0.3) is 0 Å². The molecule has 0 saturated carbocycles. The summed E-state index contributed by atoms with van der Waals surface area (Å²) in [6.45, 7) is 0.101. The quantitative estimate of drug-likeness (QED) is 0.271. The lowest BCUT2D eigenvalue weighted by molar-refractivity contribution is -0.245. The zero-order chi connectivity index (χ0) is 25.8. The summed E-state index contributed by atoms with van der Waals surface area (Å²) in [6.07, 6.45) is 2.13. The van der Waals surface area contributed by atoms with Gasteiger partial charge in [0.1, 0.15) is 0 Å². The molecule has 0 radical (unpaired) electrons. The maximum Gasteiger partial charge on any atom is 0.303 e. The molecule has 2 aromatic rings. The lowest BCUT2D eigenvalue weighted by atomic mass is 10.0. The summed E-state index contributed by atoms with van der Waals surface area (Å²) in [5.74, 6) is 0.429. The second-order valence-corrected chi connectivity index (χ2v) is 9.93. The van der Waals surface area contributed by atoms with Crippen molar-refractivity contribution in [1.29, 1.82) is 0 Å². The summed E-state index contributed by atoms with van der Waals surface area (Å²) in [5, 5.41) is 30.1. The third kappa shape index (κ3) is 9.22. The van der Waals surface area contributed by atoms with Gasteiger partial charge >= 0.3 is 5.97 Å². The van der Waals surface area contributed by atoms with Gasteiger partial charge in [0, 0.05) is 42.0 Å². The Morgan fingerprint density at radius 2 is 1.75 bits per heavy atom. The predicted octanol–water partition coefficient (Wildman–Crippen LogP) is 4.42. The number of unbranched alkanes of at least 4 members (excludes halogenated alkanes) is 2. The van der Waals surface area contributed by atoms with Crippen LogP contribution in [-0.4, -0.2) is 51.4 Å². The van der Waals surface area contributed by atoms with Crippen molar-refractivity contribution in [1.82, 2.24) is 0 Å². The first kappa shape index (κ1) is 28.1. The van der Waals surface area contributed by atoms with Gasteiger partial charge in [-0.1, -0.05) is 42.8 Å². The minimum atomic E-state index is -0.818. The van der Waals surface area contributed by atoms with Crippen LogP contribution in [0.4, 0.5) is 5.69 Å². The summed E-state index contributed by atoms with van der Waals surface area (Å²) in [6, 6.07) is 15.1. The molecule has 0 bridgehead atoms. The summed E-state index contributed by atoms with van der Waals surface area (Å²) >= 11 is 1.63. The van der Waals surface area contributed by atoms with E-state index < -0.39 is 12.3 Å². The van der Waals surface area contributed by atoms with Crippen LogP contribution in [0, 0.1) is 0 Å². The Labute approximate surface area is 216 Å².